The van der Waals surface area contributed by atoms with E-state index in [2.05, 4.69) is 39.0 Å². The minimum Gasteiger partial charge on any atom is -0.388 e. The Morgan fingerprint density at radius 2 is 2.19 bits per heavy atom. The molecule has 0 saturated heterocycles. The van der Waals surface area contributed by atoms with Crippen LogP contribution in [0.15, 0.2) is 21.8 Å². The van der Waals surface area contributed by atoms with Crippen LogP contribution in [-0.4, -0.2) is 41.7 Å². The van der Waals surface area contributed by atoms with Crippen molar-refractivity contribution in [2.75, 3.05) is 20.1 Å². The fourth-order valence-electron chi connectivity index (χ4n) is 2.79. The van der Waals surface area contributed by atoms with E-state index in [0.29, 0.717) is 6.54 Å². The van der Waals surface area contributed by atoms with Gasteiger partial charge >= 0.3 is 0 Å². The summed E-state index contributed by atoms with van der Waals surface area (Å²) in [5.41, 5.74) is 0.701. The van der Waals surface area contributed by atoms with Crippen molar-refractivity contribution >= 4 is 17.3 Å². The summed E-state index contributed by atoms with van der Waals surface area (Å²) in [5.74, 6) is 0.877. The molecule has 0 bridgehead atoms. The molecule has 1 heterocycles. The van der Waals surface area contributed by atoms with Crippen molar-refractivity contribution in [3.05, 3.63) is 22.4 Å². The highest BCUT2D eigenvalue weighted by atomic mass is 32.1. The molecule has 0 radical (unpaired) electrons. The van der Waals surface area contributed by atoms with Crippen LogP contribution in [0.3, 0.4) is 0 Å². The topological polar surface area (TPSA) is 47.9 Å². The maximum absolute atomic E-state index is 10.6. The fourth-order valence-corrected chi connectivity index (χ4v) is 3.45. The lowest BCUT2D eigenvalue weighted by atomic mass is 9.85. The first-order valence-electron chi connectivity index (χ1n) is 7.86. The number of aliphatic hydroxyl groups is 1. The fraction of sp³-hybridized carbons (Fsp3) is 0.688. The van der Waals surface area contributed by atoms with Gasteiger partial charge in [0.25, 0.3) is 0 Å². The van der Waals surface area contributed by atoms with Gasteiger partial charge in [-0.25, -0.2) is 0 Å². The van der Waals surface area contributed by atoms with Crippen molar-refractivity contribution in [1.29, 1.82) is 0 Å². The van der Waals surface area contributed by atoms with Gasteiger partial charge in [0, 0.05) is 20.1 Å². The van der Waals surface area contributed by atoms with Crippen molar-refractivity contribution in [3.63, 3.8) is 0 Å². The Kier molecular flexibility index (Phi) is 6.06. The lowest BCUT2D eigenvalue weighted by molar-refractivity contribution is 0.0130. The molecule has 0 amide bonds. The predicted octanol–water partition coefficient (Wildman–Crippen LogP) is 2.84. The molecule has 0 aromatic carbocycles. The standard InChI is InChI=1S/C16H27N3OS/c1-3-17-15(19(2)11-14-7-10-21-12-14)18-13-16(20)8-5-4-6-9-16/h7,10,12,20H,3-6,8-9,11,13H2,1-2H3,(H,17,18). The lowest BCUT2D eigenvalue weighted by Gasteiger charge is -2.31. The first kappa shape index (κ1) is 16.3. The lowest BCUT2D eigenvalue weighted by Crippen LogP contribution is -2.41. The van der Waals surface area contributed by atoms with Gasteiger partial charge in [-0.2, -0.15) is 11.3 Å². The second-order valence-corrected chi connectivity index (χ2v) is 6.72. The summed E-state index contributed by atoms with van der Waals surface area (Å²) in [4.78, 5) is 6.80. The highest BCUT2D eigenvalue weighted by Crippen LogP contribution is 2.28. The molecule has 21 heavy (non-hydrogen) atoms. The van der Waals surface area contributed by atoms with Gasteiger partial charge in [-0.3, -0.25) is 4.99 Å². The minimum atomic E-state index is -0.595. The van der Waals surface area contributed by atoms with Gasteiger partial charge in [0.1, 0.15) is 0 Å². The molecule has 0 spiro atoms. The molecule has 1 fully saturated rings. The Labute approximate surface area is 131 Å². The van der Waals surface area contributed by atoms with Crippen LogP contribution in [-0.2, 0) is 6.54 Å². The molecule has 2 N–H and O–H groups in total. The summed E-state index contributed by atoms with van der Waals surface area (Å²) in [7, 11) is 2.05. The number of rotatable bonds is 5. The highest BCUT2D eigenvalue weighted by molar-refractivity contribution is 7.07. The molecule has 118 valence electrons. The smallest absolute Gasteiger partial charge is 0.194 e. The second kappa shape index (κ2) is 7.80. The zero-order valence-electron chi connectivity index (χ0n) is 13.1. The Hall–Kier alpha value is -1.07. The SMILES string of the molecule is CCNC(=NCC1(O)CCCCC1)N(C)Cc1ccsc1. The number of hydrogen-bond acceptors (Lipinski definition) is 3. The van der Waals surface area contributed by atoms with Gasteiger partial charge in [0.15, 0.2) is 5.96 Å². The van der Waals surface area contributed by atoms with E-state index in [1.807, 2.05) is 7.05 Å². The zero-order chi connectivity index (χ0) is 15.1. The summed E-state index contributed by atoms with van der Waals surface area (Å²) in [6.07, 6.45) is 5.24. The Balaban J connectivity index is 1.97. The van der Waals surface area contributed by atoms with E-state index in [1.54, 1.807) is 11.3 Å². The second-order valence-electron chi connectivity index (χ2n) is 5.94. The summed E-state index contributed by atoms with van der Waals surface area (Å²) in [5, 5.41) is 18.2. The normalized spacial score (nSPS) is 18.5. The molecule has 0 unspecified atom stereocenters. The van der Waals surface area contributed by atoms with Crippen molar-refractivity contribution in [2.24, 2.45) is 4.99 Å². The van der Waals surface area contributed by atoms with Crippen LogP contribution in [0.4, 0.5) is 0 Å². The van der Waals surface area contributed by atoms with Crippen molar-refractivity contribution in [3.8, 4) is 0 Å². The molecule has 1 saturated carbocycles. The van der Waals surface area contributed by atoms with E-state index in [-0.39, 0.29) is 0 Å². The molecule has 1 aliphatic rings. The Morgan fingerprint density at radius 1 is 1.43 bits per heavy atom. The van der Waals surface area contributed by atoms with Gasteiger partial charge in [-0.05, 0) is 42.2 Å². The number of nitrogens with one attached hydrogen (secondary N) is 1. The van der Waals surface area contributed by atoms with E-state index >= 15 is 0 Å². The van der Waals surface area contributed by atoms with Gasteiger partial charge in [-0.1, -0.05) is 19.3 Å². The molecule has 5 heteroatoms. The molecule has 0 aliphatic heterocycles. The van der Waals surface area contributed by atoms with Crippen molar-refractivity contribution in [1.82, 2.24) is 10.2 Å². The van der Waals surface area contributed by atoms with Crippen LogP contribution < -0.4 is 5.32 Å². The molecule has 2 rings (SSSR count). The third kappa shape index (κ3) is 5.00. The average molecular weight is 309 g/mol. The number of nitrogens with zero attached hydrogens (tertiary/aromatic N) is 2. The van der Waals surface area contributed by atoms with Crippen LogP contribution in [0.25, 0.3) is 0 Å². The van der Waals surface area contributed by atoms with Gasteiger partial charge in [-0.15, -0.1) is 0 Å². The summed E-state index contributed by atoms with van der Waals surface area (Å²) >= 11 is 1.72. The summed E-state index contributed by atoms with van der Waals surface area (Å²) < 4.78 is 0. The Morgan fingerprint density at radius 3 is 2.81 bits per heavy atom. The number of hydrogen-bond donors (Lipinski definition) is 2. The van der Waals surface area contributed by atoms with Crippen LogP contribution in [0.1, 0.15) is 44.6 Å². The molecule has 4 nitrogen and oxygen atoms in total. The van der Waals surface area contributed by atoms with E-state index in [0.717, 1.165) is 44.7 Å². The zero-order valence-corrected chi connectivity index (χ0v) is 14.0. The Bertz CT molecular complexity index is 438. The number of guanidine groups is 1. The largest absolute Gasteiger partial charge is 0.388 e. The minimum absolute atomic E-state index is 0.503. The molecule has 0 atom stereocenters. The highest BCUT2D eigenvalue weighted by Gasteiger charge is 2.29. The van der Waals surface area contributed by atoms with Gasteiger partial charge in [0.2, 0.25) is 0 Å². The summed E-state index contributed by atoms with van der Waals surface area (Å²) in [6.45, 7) is 4.26. The average Bonchev–Trinajstić information content (AvgIpc) is 2.97. The third-order valence-corrected chi connectivity index (χ3v) is 4.74. The number of thiophene rings is 1. The van der Waals surface area contributed by atoms with E-state index in [9.17, 15) is 5.11 Å². The number of aliphatic imine (C=N–C) groups is 1. The molecule has 1 aromatic rings. The maximum Gasteiger partial charge on any atom is 0.194 e. The van der Waals surface area contributed by atoms with Crippen molar-refractivity contribution in [2.45, 2.75) is 51.2 Å². The van der Waals surface area contributed by atoms with E-state index in [1.165, 1.54) is 12.0 Å². The van der Waals surface area contributed by atoms with Crippen LogP contribution in [0, 0.1) is 0 Å². The van der Waals surface area contributed by atoms with Crippen LogP contribution in [0.5, 0.6) is 0 Å². The van der Waals surface area contributed by atoms with Crippen LogP contribution in [0.2, 0.25) is 0 Å². The van der Waals surface area contributed by atoms with Crippen LogP contribution >= 0.6 is 11.3 Å². The first-order chi connectivity index (χ1) is 10.1. The first-order valence-corrected chi connectivity index (χ1v) is 8.80. The maximum atomic E-state index is 10.6. The molecule has 1 aliphatic carbocycles. The van der Waals surface area contributed by atoms with Crippen molar-refractivity contribution < 1.29 is 5.11 Å². The third-order valence-electron chi connectivity index (χ3n) is 4.00. The van der Waals surface area contributed by atoms with Gasteiger partial charge < -0.3 is 15.3 Å². The molecule has 1 aromatic heterocycles. The monoisotopic (exact) mass is 309 g/mol. The van der Waals surface area contributed by atoms with E-state index in [4.69, 9.17) is 0 Å². The molecular formula is C16H27N3OS. The van der Waals surface area contributed by atoms with E-state index < -0.39 is 5.60 Å². The quantitative estimate of drug-likeness (QED) is 0.649. The van der Waals surface area contributed by atoms with Gasteiger partial charge in [0.05, 0.1) is 12.1 Å². The summed E-state index contributed by atoms with van der Waals surface area (Å²) in [6, 6.07) is 2.14. The molecular weight excluding hydrogens is 282 g/mol. The predicted molar refractivity (Wildman–Crippen MR) is 89.8 cm³/mol.